The molecule has 6 nitrogen and oxygen atoms in total. The summed E-state index contributed by atoms with van der Waals surface area (Å²) in [6, 6.07) is 5.92. The maximum Gasteiger partial charge on any atom is 0.343 e. The van der Waals surface area contributed by atoms with Crippen molar-refractivity contribution in [3.05, 3.63) is 29.3 Å². The van der Waals surface area contributed by atoms with E-state index in [9.17, 15) is 9.59 Å². The molecule has 2 N–H and O–H groups in total. The highest BCUT2D eigenvalue weighted by Gasteiger charge is 2.04. The number of amides is 2. The number of benzene rings is 1. The van der Waals surface area contributed by atoms with Crippen molar-refractivity contribution in [3.63, 3.8) is 0 Å². The third kappa shape index (κ3) is 5.19. The molecule has 7 heteroatoms. The number of nitrogens with one attached hydrogen (secondary N) is 2. The molecule has 0 fully saturated rings. The van der Waals surface area contributed by atoms with Gasteiger partial charge in [-0.3, -0.25) is 4.84 Å². The van der Waals surface area contributed by atoms with Crippen LogP contribution in [0.25, 0.3) is 0 Å². The van der Waals surface area contributed by atoms with E-state index < -0.39 is 12.0 Å². The highest BCUT2D eigenvalue weighted by molar-refractivity contribution is 6.30. The van der Waals surface area contributed by atoms with E-state index in [1.54, 1.807) is 24.3 Å². The van der Waals surface area contributed by atoms with Crippen LogP contribution in [0, 0.1) is 0 Å². The van der Waals surface area contributed by atoms with Crippen LogP contribution in [0.3, 0.4) is 0 Å². The lowest BCUT2D eigenvalue weighted by Crippen LogP contribution is -2.31. The molecular formula is C10H11ClN2O4. The molecule has 1 aromatic carbocycles. The van der Waals surface area contributed by atoms with Gasteiger partial charge in [0, 0.05) is 10.7 Å². The lowest BCUT2D eigenvalue weighted by molar-refractivity contribution is -0.147. The Bertz CT molecular complexity index is 394. The van der Waals surface area contributed by atoms with Gasteiger partial charge in [-0.1, -0.05) is 11.6 Å². The average molecular weight is 259 g/mol. The fraction of sp³-hybridized carbons (Fsp3) is 0.200. The summed E-state index contributed by atoms with van der Waals surface area (Å²) >= 11 is 5.68. The summed E-state index contributed by atoms with van der Waals surface area (Å²) < 4.78 is 4.31. The van der Waals surface area contributed by atoms with Crippen LogP contribution >= 0.6 is 11.6 Å². The normalized spacial score (nSPS) is 9.53. The molecule has 17 heavy (non-hydrogen) atoms. The van der Waals surface area contributed by atoms with Gasteiger partial charge in [-0.15, -0.1) is 0 Å². The lowest BCUT2D eigenvalue weighted by Gasteiger charge is -2.06. The van der Waals surface area contributed by atoms with E-state index >= 15 is 0 Å². The number of ether oxygens (including phenoxy) is 1. The van der Waals surface area contributed by atoms with E-state index in [1.807, 2.05) is 5.48 Å². The molecule has 2 amide bonds. The minimum atomic E-state index is -0.601. The summed E-state index contributed by atoms with van der Waals surface area (Å²) in [6.07, 6.45) is 0. The number of hydrogen-bond acceptors (Lipinski definition) is 4. The van der Waals surface area contributed by atoms with E-state index in [2.05, 4.69) is 14.9 Å². The molecule has 0 aromatic heterocycles. The first-order valence-electron chi connectivity index (χ1n) is 4.63. The maximum absolute atomic E-state index is 11.2. The third-order valence-corrected chi connectivity index (χ3v) is 1.94. The maximum atomic E-state index is 11.2. The topological polar surface area (TPSA) is 76.7 Å². The summed E-state index contributed by atoms with van der Waals surface area (Å²) in [5.41, 5.74) is 2.58. The molecule has 0 saturated carbocycles. The van der Waals surface area contributed by atoms with Crippen molar-refractivity contribution in [1.82, 2.24) is 5.48 Å². The van der Waals surface area contributed by atoms with Gasteiger partial charge in [0.2, 0.25) is 0 Å². The molecular weight excluding hydrogens is 248 g/mol. The number of hydroxylamine groups is 1. The van der Waals surface area contributed by atoms with Crippen LogP contribution in [-0.4, -0.2) is 25.7 Å². The van der Waals surface area contributed by atoms with Gasteiger partial charge in [-0.2, -0.15) is 0 Å². The number of anilines is 1. The molecule has 1 aromatic rings. The van der Waals surface area contributed by atoms with E-state index in [-0.39, 0.29) is 6.61 Å². The molecule has 0 aliphatic heterocycles. The van der Waals surface area contributed by atoms with E-state index in [4.69, 9.17) is 11.6 Å². The summed E-state index contributed by atoms with van der Waals surface area (Å²) in [6.45, 7) is -0.357. The third-order valence-electron chi connectivity index (χ3n) is 1.68. The zero-order valence-electron chi connectivity index (χ0n) is 9.03. The minimum Gasteiger partial charge on any atom is -0.467 e. The van der Waals surface area contributed by atoms with Crippen LogP contribution in [0.4, 0.5) is 10.5 Å². The molecule has 0 saturated heterocycles. The predicted octanol–water partition coefficient (Wildman–Crippen LogP) is 1.57. The molecule has 0 atom stereocenters. The first kappa shape index (κ1) is 13.3. The van der Waals surface area contributed by atoms with Gasteiger partial charge in [0.15, 0.2) is 6.61 Å². The molecule has 1 rings (SSSR count). The Morgan fingerprint density at radius 1 is 1.29 bits per heavy atom. The molecule has 0 heterocycles. The molecule has 0 bridgehead atoms. The van der Waals surface area contributed by atoms with Gasteiger partial charge in [0.25, 0.3) is 0 Å². The summed E-state index contributed by atoms with van der Waals surface area (Å²) in [4.78, 5) is 26.5. The van der Waals surface area contributed by atoms with Gasteiger partial charge < -0.3 is 10.1 Å². The Labute approximate surface area is 103 Å². The monoisotopic (exact) mass is 258 g/mol. The largest absolute Gasteiger partial charge is 0.467 e. The van der Waals surface area contributed by atoms with Crippen LogP contribution < -0.4 is 10.8 Å². The second-order valence-corrected chi connectivity index (χ2v) is 3.36. The van der Waals surface area contributed by atoms with E-state index in [0.717, 1.165) is 0 Å². The number of hydrogen-bond donors (Lipinski definition) is 2. The van der Waals surface area contributed by atoms with Crippen molar-refractivity contribution >= 4 is 29.3 Å². The second kappa shape index (κ2) is 6.72. The van der Waals surface area contributed by atoms with Crippen LogP contribution in [0.2, 0.25) is 5.02 Å². The zero-order valence-corrected chi connectivity index (χ0v) is 9.78. The Morgan fingerprint density at radius 2 is 1.94 bits per heavy atom. The number of urea groups is 1. The fourth-order valence-electron chi connectivity index (χ4n) is 0.909. The van der Waals surface area contributed by atoms with Crippen LogP contribution in [0.15, 0.2) is 24.3 Å². The van der Waals surface area contributed by atoms with Gasteiger partial charge in [-0.25, -0.2) is 15.1 Å². The van der Waals surface area contributed by atoms with Gasteiger partial charge >= 0.3 is 12.0 Å². The number of halogens is 1. The molecule has 0 aliphatic rings. The summed E-state index contributed by atoms with van der Waals surface area (Å²) in [7, 11) is 1.22. The first-order valence-corrected chi connectivity index (χ1v) is 5.01. The van der Waals surface area contributed by atoms with Crippen molar-refractivity contribution in [1.29, 1.82) is 0 Å². The zero-order chi connectivity index (χ0) is 12.7. The molecule has 0 radical (unpaired) electrons. The van der Waals surface area contributed by atoms with Crippen LogP contribution in [0.1, 0.15) is 0 Å². The summed E-state index contributed by atoms with van der Waals surface area (Å²) in [5.74, 6) is -0.586. The summed E-state index contributed by atoms with van der Waals surface area (Å²) in [5, 5.41) is 3.04. The van der Waals surface area contributed by atoms with Crippen molar-refractivity contribution in [2.45, 2.75) is 0 Å². The number of carbonyl (C=O) groups excluding carboxylic acids is 2. The number of methoxy groups -OCH3 is 1. The average Bonchev–Trinajstić information content (AvgIpc) is 2.32. The van der Waals surface area contributed by atoms with Crippen molar-refractivity contribution < 1.29 is 19.2 Å². The van der Waals surface area contributed by atoms with Gasteiger partial charge in [0.1, 0.15) is 0 Å². The SMILES string of the molecule is COC(=O)CONC(=O)Nc1ccc(Cl)cc1. The Kier molecular flexibility index (Phi) is 5.25. The Morgan fingerprint density at radius 3 is 2.53 bits per heavy atom. The van der Waals surface area contributed by atoms with Crippen LogP contribution in [-0.2, 0) is 14.4 Å². The molecule has 0 spiro atoms. The number of carbonyl (C=O) groups is 2. The highest BCUT2D eigenvalue weighted by Crippen LogP contribution is 2.12. The fourth-order valence-corrected chi connectivity index (χ4v) is 1.04. The number of rotatable bonds is 4. The van der Waals surface area contributed by atoms with Gasteiger partial charge in [-0.05, 0) is 24.3 Å². The van der Waals surface area contributed by atoms with Crippen molar-refractivity contribution in [2.24, 2.45) is 0 Å². The number of esters is 1. The Hall–Kier alpha value is -1.79. The first-order chi connectivity index (χ1) is 8.11. The minimum absolute atomic E-state index is 0.357. The van der Waals surface area contributed by atoms with E-state index in [1.165, 1.54) is 7.11 Å². The highest BCUT2D eigenvalue weighted by atomic mass is 35.5. The predicted molar refractivity (Wildman–Crippen MR) is 61.6 cm³/mol. The molecule has 0 aliphatic carbocycles. The smallest absolute Gasteiger partial charge is 0.343 e. The van der Waals surface area contributed by atoms with Crippen LogP contribution in [0.5, 0.6) is 0 Å². The molecule has 92 valence electrons. The Balaban J connectivity index is 2.30. The van der Waals surface area contributed by atoms with Crippen molar-refractivity contribution in [3.8, 4) is 0 Å². The van der Waals surface area contributed by atoms with Crippen molar-refractivity contribution in [2.75, 3.05) is 19.0 Å². The van der Waals surface area contributed by atoms with E-state index in [0.29, 0.717) is 10.7 Å². The van der Waals surface area contributed by atoms with Gasteiger partial charge in [0.05, 0.1) is 7.11 Å². The lowest BCUT2D eigenvalue weighted by atomic mass is 10.3. The standard InChI is InChI=1S/C10H11ClN2O4/c1-16-9(14)6-17-13-10(15)12-8-4-2-7(11)3-5-8/h2-5H,6H2,1H3,(H2,12,13,15). The molecule has 0 unspecified atom stereocenters. The quantitative estimate of drug-likeness (QED) is 0.635. The second-order valence-electron chi connectivity index (χ2n) is 2.93.